The van der Waals surface area contributed by atoms with Crippen LogP contribution in [0.1, 0.15) is 19.8 Å². The molecule has 2 fully saturated rings. The first-order valence-corrected chi connectivity index (χ1v) is 8.63. The fraction of sp³-hybridized carbons (Fsp3) is 0.750. The molecule has 0 amide bonds. The van der Waals surface area contributed by atoms with Gasteiger partial charge in [-0.15, -0.1) is 0 Å². The van der Waals surface area contributed by atoms with E-state index in [-0.39, 0.29) is 0 Å². The number of nitrogens with zero attached hydrogens (tertiary/aromatic N) is 4. The molecule has 0 spiro atoms. The first-order valence-electron chi connectivity index (χ1n) is 8.63. The number of hydrogen-bond acceptors (Lipinski definition) is 7. The number of nitrogens with two attached hydrogens (primary N) is 1. The lowest BCUT2D eigenvalue weighted by Crippen LogP contribution is -2.39. The van der Waals surface area contributed by atoms with Crippen LogP contribution in [0.5, 0.6) is 0 Å². The molecule has 1 aromatic heterocycles. The summed E-state index contributed by atoms with van der Waals surface area (Å²) in [6, 6.07) is 0. The predicted octanol–water partition coefficient (Wildman–Crippen LogP) is 1.04. The molecule has 0 saturated carbocycles. The zero-order valence-corrected chi connectivity index (χ0v) is 14.0. The van der Waals surface area contributed by atoms with Gasteiger partial charge in [0.15, 0.2) is 11.6 Å². The number of morpholine rings is 1. The summed E-state index contributed by atoms with van der Waals surface area (Å²) in [5, 5.41) is 3.36. The van der Waals surface area contributed by atoms with Crippen molar-refractivity contribution in [2.24, 2.45) is 5.92 Å². The molecule has 0 aliphatic carbocycles. The molecule has 3 heterocycles. The Labute approximate surface area is 138 Å². The molecule has 1 aromatic rings. The number of ether oxygens (including phenoxy) is 1. The van der Waals surface area contributed by atoms with Crippen LogP contribution < -0.4 is 16.0 Å². The fourth-order valence-corrected chi connectivity index (χ4v) is 3.16. The zero-order chi connectivity index (χ0) is 16.1. The fourth-order valence-electron chi connectivity index (χ4n) is 3.16. The van der Waals surface area contributed by atoms with Crippen LogP contribution in [0.15, 0.2) is 6.33 Å². The zero-order valence-electron chi connectivity index (χ0n) is 14.0. The Morgan fingerprint density at radius 1 is 1.22 bits per heavy atom. The predicted molar refractivity (Wildman–Crippen MR) is 92.8 cm³/mol. The van der Waals surface area contributed by atoms with E-state index in [4.69, 9.17) is 10.5 Å². The minimum atomic E-state index is 0.670. The number of piperidine rings is 1. The molecule has 2 aliphatic rings. The van der Waals surface area contributed by atoms with Crippen LogP contribution in [0.4, 0.5) is 17.3 Å². The van der Waals surface area contributed by atoms with Crippen molar-refractivity contribution in [2.45, 2.75) is 19.8 Å². The Bertz CT molecular complexity index is 497. The molecular formula is C16H28N6O. The van der Waals surface area contributed by atoms with E-state index in [0.29, 0.717) is 5.69 Å². The highest BCUT2D eigenvalue weighted by atomic mass is 16.5. The summed E-state index contributed by atoms with van der Waals surface area (Å²) in [6.45, 7) is 9.81. The van der Waals surface area contributed by atoms with E-state index < -0.39 is 0 Å². The average Bonchev–Trinajstić information content (AvgIpc) is 2.58. The maximum absolute atomic E-state index is 6.31. The topological polar surface area (TPSA) is 79.5 Å². The minimum absolute atomic E-state index is 0.670. The highest BCUT2D eigenvalue weighted by Gasteiger charge is 2.20. The molecule has 0 radical (unpaired) electrons. The van der Waals surface area contributed by atoms with Crippen LogP contribution in [-0.4, -0.2) is 67.4 Å². The van der Waals surface area contributed by atoms with Crippen LogP contribution in [0.25, 0.3) is 0 Å². The molecule has 7 heteroatoms. The lowest BCUT2D eigenvalue weighted by atomic mass is 9.99. The van der Waals surface area contributed by atoms with Gasteiger partial charge >= 0.3 is 0 Å². The summed E-state index contributed by atoms with van der Waals surface area (Å²) in [4.78, 5) is 13.4. The summed E-state index contributed by atoms with van der Waals surface area (Å²) in [5.74, 6) is 2.42. The summed E-state index contributed by atoms with van der Waals surface area (Å²) in [7, 11) is 0. The molecule has 0 atom stereocenters. The lowest BCUT2D eigenvalue weighted by Gasteiger charge is -2.32. The second-order valence-electron chi connectivity index (χ2n) is 6.51. The van der Waals surface area contributed by atoms with Gasteiger partial charge in [-0.2, -0.15) is 0 Å². The van der Waals surface area contributed by atoms with E-state index in [1.165, 1.54) is 12.8 Å². The molecule has 2 saturated heterocycles. The van der Waals surface area contributed by atoms with Crippen molar-refractivity contribution < 1.29 is 4.74 Å². The molecule has 23 heavy (non-hydrogen) atoms. The molecule has 3 rings (SSSR count). The standard InChI is InChI=1S/C16H28N6O/c1-13-2-5-22(6-3-13)16-14(17)15(19-12-20-16)18-4-7-21-8-10-23-11-9-21/h12-13H,2-11,17H2,1H3,(H,18,19,20). The Morgan fingerprint density at radius 3 is 2.70 bits per heavy atom. The van der Waals surface area contributed by atoms with Gasteiger partial charge < -0.3 is 20.7 Å². The highest BCUT2D eigenvalue weighted by Crippen LogP contribution is 2.29. The Hall–Kier alpha value is -1.60. The maximum atomic E-state index is 6.31. The van der Waals surface area contributed by atoms with Gasteiger partial charge in [0.05, 0.1) is 13.2 Å². The smallest absolute Gasteiger partial charge is 0.157 e. The second kappa shape index (κ2) is 7.79. The number of aromatic nitrogens is 2. The van der Waals surface area contributed by atoms with E-state index in [1.54, 1.807) is 6.33 Å². The third-order valence-electron chi connectivity index (χ3n) is 4.77. The van der Waals surface area contributed by atoms with E-state index in [1.807, 2.05) is 0 Å². The van der Waals surface area contributed by atoms with Crippen LogP contribution in [0, 0.1) is 5.92 Å². The summed E-state index contributed by atoms with van der Waals surface area (Å²) in [6.07, 6.45) is 4.01. The van der Waals surface area contributed by atoms with Crippen molar-refractivity contribution in [1.29, 1.82) is 0 Å². The second-order valence-corrected chi connectivity index (χ2v) is 6.51. The summed E-state index contributed by atoms with van der Waals surface area (Å²) >= 11 is 0. The number of nitrogens with one attached hydrogen (secondary N) is 1. The van der Waals surface area contributed by atoms with Gasteiger partial charge in [-0.1, -0.05) is 6.92 Å². The Morgan fingerprint density at radius 2 is 1.96 bits per heavy atom. The van der Waals surface area contributed by atoms with Crippen molar-refractivity contribution in [3.05, 3.63) is 6.33 Å². The van der Waals surface area contributed by atoms with E-state index in [0.717, 1.165) is 70.0 Å². The van der Waals surface area contributed by atoms with Gasteiger partial charge in [0.1, 0.15) is 12.0 Å². The van der Waals surface area contributed by atoms with E-state index in [2.05, 4.69) is 32.0 Å². The first kappa shape index (κ1) is 16.3. The van der Waals surface area contributed by atoms with Crippen LogP contribution in [0.2, 0.25) is 0 Å². The molecule has 2 aliphatic heterocycles. The average molecular weight is 320 g/mol. The number of anilines is 3. The van der Waals surface area contributed by atoms with E-state index in [9.17, 15) is 0 Å². The molecule has 0 aromatic carbocycles. The van der Waals surface area contributed by atoms with Crippen molar-refractivity contribution in [3.63, 3.8) is 0 Å². The molecule has 128 valence electrons. The van der Waals surface area contributed by atoms with Crippen molar-refractivity contribution in [1.82, 2.24) is 14.9 Å². The normalized spacial score (nSPS) is 20.7. The lowest BCUT2D eigenvalue weighted by molar-refractivity contribution is 0.0398. The number of hydrogen-bond donors (Lipinski definition) is 2. The Kier molecular flexibility index (Phi) is 5.51. The number of rotatable bonds is 5. The largest absolute Gasteiger partial charge is 0.393 e. The van der Waals surface area contributed by atoms with Crippen LogP contribution >= 0.6 is 0 Å². The SMILES string of the molecule is CC1CCN(c2ncnc(NCCN3CCOCC3)c2N)CC1. The molecule has 7 nitrogen and oxygen atoms in total. The monoisotopic (exact) mass is 320 g/mol. The minimum Gasteiger partial charge on any atom is -0.393 e. The molecule has 0 unspecified atom stereocenters. The first-order chi connectivity index (χ1) is 11.2. The highest BCUT2D eigenvalue weighted by molar-refractivity contribution is 5.74. The third kappa shape index (κ3) is 4.23. The van der Waals surface area contributed by atoms with Crippen LogP contribution in [-0.2, 0) is 4.74 Å². The van der Waals surface area contributed by atoms with Gasteiger partial charge in [-0.25, -0.2) is 9.97 Å². The molecular weight excluding hydrogens is 292 g/mol. The Balaban J connectivity index is 1.56. The number of nitrogen functional groups attached to an aromatic ring is 1. The van der Waals surface area contributed by atoms with Gasteiger partial charge in [-0.05, 0) is 18.8 Å². The maximum Gasteiger partial charge on any atom is 0.157 e. The van der Waals surface area contributed by atoms with Crippen molar-refractivity contribution in [3.8, 4) is 0 Å². The van der Waals surface area contributed by atoms with E-state index >= 15 is 0 Å². The third-order valence-corrected chi connectivity index (χ3v) is 4.77. The molecule has 3 N–H and O–H groups in total. The van der Waals surface area contributed by atoms with Gasteiger partial charge in [0.2, 0.25) is 0 Å². The van der Waals surface area contributed by atoms with Crippen molar-refractivity contribution in [2.75, 3.05) is 68.4 Å². The quantitative estimate of drug-likeness (QED) is 0.839. The van der Waals surface area contributed by atoms with Gasteiger partial charge in [-0.3, -0.25) is 4.90 Å². The van der Waals surface area contributed by atoms with Crippen LogP contribution in [0.3, 0.4) is 0 Å². The van der Waals surface area contributed by atoms with Crippen molar-refractivity contribution >= 4 is 17.3 Å². The summed E-state index contributed by atoms with van der Waals surface area (Å²) < 4.78 is 5.37. The summed E-state index contributed by atoms with van der Waals surface area (Å²) in [5.41, 5.74) is 6.98. The molecule has 0 bridgehead atoms. The van der Waals surface area contributed by atoms with Gasteiger partial charge in [0.25, 0.3) is 0 Å². The van der Waals surface area contributed by atoms with Gasteiger partial charge in [0, 0.05) is 39.3 Å².